The predicted molar refractivity (Wildman–Crippen MR) is 47.7 cm³/mol. The van der Waals surface area contributed by atoms with Gasteiger partial charge in [0.05, 0.1) is 5.54 Å². The van der Waals surface area contributed by atoms with Crippen molar-refractivity contribution in [2.75, 3.05) is 0 Å². The zero-order valence-corrected chi connectivity index (χ0v) is 8.05. The molecule has 1 rings (SSSR count). The van der Waals surface area contributed by atoms with E-state index in [1.54, 1.807) is 0 Å². The average molecular weight is 166 g/mol. The first-order chi connectivity index (χ1) is 5.42. The lowest BCUT2D eigenvalue weighted by Crippen LogP contribution is -2.46. The molecule has 1 aliphatic rings. The molecule has 0 aliphatic carbocycles. The zero-order valence-electron chi connectivity index (χ0n) is 8.05. The molecule has 67 valence electrons. The SMILES string of the molecule is C#CCC1(C)CCC(C)(C)N1[O]. The Hall–Kier alpha value is -0.520. The van der Waals surface area contributed by atoms with Crippen LogP contribution in [-0.2, 0) is 5.21 Å². The Kier molecular flexibility index (Phi) is 2.20. The molecule has 0 aromatic rings. The number of rotatable bonds is 1. The lowest BCUT2D eigenvalue weighted by atomic mass is 9.96. The Morgan fingerprint density at radius 1 is 1.42 bits per heavy atom. The van der Waals surface area contributed by atoms with Gasteiger partial charge in [-0.3, -0.25) is 0 Å². The van der Waals surface area contributed by atoms with E-state index in [2.05, 4.69) is 5.92 Å². The summed E-state index contributed by atoms with van der Waals surface area (Å²) in [7, 11) is 0. The van der Waals surface area contributed by atoms with Gasteiger partial charge in [0.1, 0.15) is 0 Å². The van der Waals surface area contributed by atoms with E-state index >= 15 is 0 Å². The first kappa shape index (κ1) is 9.57. The van der Waals surface area contributed by atoms with Crippen molar-refractivity contribution in [1.29, 1.82) is 0 Å². The number of hydrogen-bond donors (Lipinski definition) is 0. The lowest BCUT2D eigenvalue weighted by Gasteiger charge is -2.33. The van der Waals surface area contributed by atoms with E-state index < -0.39 is 0 Å². The van der Waals surface area contributed by atoms with E-state index in [9.17, 15) is 5.21 Å². The summed E-state index contributed by atoms with van der Waals surface area (Å²) in [4.78, 5) is 0. The second-order valence-corrected chi connectivity index (χ2v) is 4.48. The van der Waals surface area contributed by atoms with Crippen molar-refractivity contribution in [2.45, 2.75) is 51.1 Å². The third-order valence-electron chi connectivity index (χ3n) is 2.80. The van der Waals surface area contributed by atoms with Crippen molar-refractivity contribution >= 4 is 0 Å². The Bertz CT molecular complexity index is 216. The summed E-state index contributed by atoms with van der Waals surface area (Å²) in [5.74, 6) is 2.58. The standard InChI is InChI=1S/C10H16NO/c1-5-6-10(4)8-7-9(2,3)11(10)12/h1H,6-8H2,2-4H3. The highest BCUT2D eigenvalue weighted by molar-refractivity contribution is 5.04. The van der Waals surface area contributed by atoms with E-state index in [0.29, 0.717) is 6.42 Å². The molecule has 1 saturated heterocycles. The second kappa shape index (κ2) is 2.76. The van der Waals surface area contributed by atoms with E-state index in [4.69, 9.17) is 6.42 Å². The van der Waals surface area contributed by atoms with E-state index in [0.717, 1.165) is 12.8 Å². The third-order valence-corrected chi connectivity index (χ3v) is 2.80. The molecule has 12 heavy (non-hydrogen) atoms. The summed E-state index contributed by atoms with van der Waals surface area (Å²) in [6.07, 6.45) is 7.63. The predicted octanol–water partition coefficient (Wildman–Crippen LogP) is 1.99. The summed E-state index contributed by atoms with van der Waals surface area (Å²) in [5, 5.41) is 12.9. The van der Waals surface area contributed by atoms with Crippen molar-refractivity contribution in [3.05, 3.63) is 0 Å². The van der Waals surface area contributed by atoms with Gasteiger partial charge in [-0.2, -0.15) is 0 Å². The van der Waals surface area contributed by atoms with Crippen molar-refractivity contribution < 1.29 is 5.21 Å². The quantitative estimate of drug-likeness (QED) is 0.546. The fraction of sp³-hybridized carbons (Fsp3) is 0.800. The Morgan fingerprint density at radius 3 is 2.33 bits per heavy atom. The highest BCUT2D eigenvalue weighted by Crippen LogP contribution is 2.40. The molecule has 0 amide bonds. The van der Waals surface area contributed by atoms with Crippen molar-refractivity contribution in [3.63, 3.8) is 0 Å². The first-order valence-electron chi connectivity index (χ1n) is 4.33. The molecule has 0 spiro atoms. The summed E-state index contributed by atoms with van der Waals surface area (Å²) < 4.78 is 0. The van der Waals surface area contributed by atoms with Crippen molar-refractivity contribution in [2.24, 2.45) is 0 Å². The molecular weight excluding hydrogens is 150 g/mol. The van der Waals surface area contributed by atoms with Crippen LogP contribution >= 0.6 is 0 Å². The van der Waals surface area contributed by atoms with Crippen LogP contribution in [0, 0.1) is 12.3 Å². The topological polar surface area (TPSA) is 23.1 Å². The van der Waals surface area contributed by atoms with Crippen molar-refractivity contribution in [1.82, 2.24) is 5.06 Å². The number of nitrogens with zero attached hydrogens (tertiary/aromatic N) is 1. The lowest BCUT2D eigenvalue weighted by molar-refractivity contribution is -0.247. The maximum atomic E-state index is 11.8. The molecule has 0 N–H and O–H groups in total. The summed E-state index contributed by atoms with van der Waals surface area (Å²) in [6, 6.07) is 0. The Balaban J connectivity index is 2.79. The van der Waals surface area contributed by atoms with Gasteiger partial charge in [-0.1, -0.05) is 0 Å². The summed E-state index contributed by atoms with van der Waals surface area (Å²) in [6.45, 7) is 5.90. The molecular formula is C10H16NO. The van der Waals surface area contributed by atoms with Gasteiger partial charge in [0.2, 0.25) is 0 Å². The highest BCUT2D eigenvalue weighted by Gasteiger charge is 2.47. The maximum absolute atomic E-state index is 11.8. The first-order valence-corrected chi connectivity index (χ1v) is 4.33. The molecule has 1 aliphatic heterocycles. The van der Waals surface area contributed by atoms with Gasteiger partial charge in [0, 0.05) is 12.0 Å². The van der Waals surface area contributed by atoms with E-state index in [1.807, 2.05) is 20.8 Å². The molecule has 1 atom stereocenters. The van der Waals surface area contributed by atoms with Gasteiger partial charge in [-0.05, 0) is 33.6 Å². The largest absolute Gasteiger partial charge is 0.143 e. The molecule has 0 saturated carbocycles. The molecule has 1 heterocycles. The monoisotopic (exact) mass is 166 g/mol. The normalized spacial score (nSPS) is 34.9. The number of hydrogen-bond acceptors (Lipinski definition) is 1. The summed E-state index contributed by atoms with van der Waals surface area (Å²) in [5.41, 5.74) is -0.552. The average Bonchev–Trinajstić information content (AvgIpc) is 2.17. The minimum Gasteiger partial charge on any atom is -0.143 e. The molecule has 0 bridgehead atoms. The van der Waals surface area contributed by atoms with Crippen LogP contribution in [0.5, 0.6) is 0 Å². The smallest absolute Gasteiger partial charge is 0.0581 e. The molecule has 2 heteroatoms. The summed E-state index contributed by atoms with van der Waals surface area (Å²) >= 11 is 0. The highest BCUT2D eigenvalue weighted by atomic mass is 16.5. The Morgan fingerprint density at radius 2 is 2.00 bits per heavy atom. The Labute approximate surface area is 74.5 Å². The molecule has 0 aromatic heterocycles. The van der Waals surface area contributed by atoms with Gasteiger partial charge in [-0.15, -0.1) is 22.6 Å². The molecule has 1 unspecified atom stereocenters. The van der Waals surface area contributed by atoms with Gasteiger partial charge < -0.3 is 0 Å². The van der Waals surface area contributed by atoms with Crippen LogP contribution in [0.2, 0.25) is 0 Å². The van der Waals surface area contributed by atoms with Gasteiger partial charge in [0.25, 0.3) is 0 Å². The van der Waals surface area contributed by atoms with Gasteiger partial charge >= 0.3 is 0 Å². The molecule has 1 fully saturated rings. The van der Waals surface area contributed by atoms with Crippen LogP contribution in [0.3, 0.4) is 0 Å². The molecule has 2 nitrogen and oxygen atoms in total. The number of terminal acetylenes is 1. The minimum atomic E-state index is -0.321. The number of hydroxylamine groups is 2. The van der Waals surface area contributed by atoms with E-state index in [-0.39, 0.29) is 11.1 Å². The molecule has 1 radical (unpaired) electrons. The minimum absolute atomic E-state index is 0.231. The van der Waals surface area contributed by atoms with Crippen molar-refractivity contribution in [3.8, 4) is 12.3 Å². The van der Waals surface area contributed by atoms with Crippen LogP contribution in [0.25, 0.3) is 0 Å². The fourth-order valence-corrected chi connectivity index (χ4v) is 1.89. The van der Waals surface area contributed by atoms with E-state index in [1.165, 1.54) is 5.06 Å². The van der Waals surface area contributed by atoms with Gasteiger partial charge in [-0.25, -0.2) is 0 Å². The van der Waals surface area contributed by atoms with Crippen LogP contribution < -0.4 is 0 Å². The molecule has 0 aromatic carbocycles. The van der Waals surface area contributed by atoms with Crippen LogP contribution in [0.15, 0.2) is 0 Å². The van der Waals surface area contributed by atoms with Crippen LogP contribution in [0.4, 0.5) is 0 Å². The fourth-order valence-electron chi connectivity index (χ4n) is 1.89. The second-order valence-electron chi connectivity index (χ2n) is 4.48. The van der Waals surface area contributed by atoms with Gasteiger partial charge in [0.15, 0.2) is 0 Å². The third kappa shape index (κ3) is 1.35. The van der Waals surface area contributed by atoms with Crippen LogP contribution in [-0.4, -0.2) is 16.1 Å². The zero-order chi connectivity index (χ0) is 9.41. The van der Waals surface area contributed by atoms with Crippen LogP contribution in [0.1, 0.15) is 40.0 Å². The maximum Gasteiger partial charge on any atom is 0.0581 e.